The fourth-order valence-electron chi connectivity index (χ4n) is 2.26. The Morgan fingerprint density at radius 3 is 2.67 bits per heavy atom. The van der Waals surface area contributed by atoms with Crippen molar-refractivity contribution >= 4 is 23.6 Å². The minimum Gasteiger partial charge on any atom is -0.490 e. The van der Waals surface area contributed by atoms with Gasteiger partial charge in [-0.1, -0.05) is 24.1 Å². The van der Waals surface area contributed by atoms with E-state index in [1.807, 2.05) is 6.92 Å². The highest BCUT2D eigenvalue weighted by Crippen LogP contribution is 2.29. The van der Waals surface area contributed by atoms with Crippen LogP contribution in [0.2, 0.25) is 0 Å². The van der Waals surface area contributed by atoms with Crippen LogP contribution in [0.4, 0.5) is 5.69 Å². The van der Waals surface area contributed by atoms with Crippen LogP contribution in [0.5, 0.6) is 11.5 Å². The molecule has 2 N–H and O–H groups in total. The number of carbonyl (C=O) groups excluding carboxylic acids is 1. The number of nitrogens with one attached hydrogen (secondary N) is 1. The standard InChI is InChI=1S/C21H19NO5/c1-3-13-27-18-11-9-15(14-19(18)26-4-2)10-12-20(23)22-17-8-6-5-7-16(17)21(24)25/h1,5-12,14H,4,13H2,2H3,(H,22,23)(H,24,25)/b12-10+. The van der Waals surface area contributed by atoms with Crippen LogP contribution in [0, 0.1) is 12.3 Å². The minimum absolute atomic E-state index is 0.0212. The summed E-state index contributed by atoms with van der Waals surface area (Å²) in [7, 11) is 0. The van der Waals surface area contributed by atoms with Gasteiger partial charge >= 0.3 is 5.97 Å². The molecule has 27 heavy (non-hydrogen) atoms. The van der Waals surface area contributed by atoms with Gasteiger partial charge in [-0.3, -0.25) is 4.79 Å². The number of ether oxygens (including phenoxy) is 2. The zero-order valence-corrected chi connectivity index (χ0v) is 14.8. The Bertz CT molecular complexity index is 896. The Balaban J connectivity index is 2.13. The Hall–Kier alpha value is -3.72. The first-order valence-corrected chi connectivity index (χ1v) is 8.19. The van der Waals surface area contributed by atoms with E-state index >= 15 is 0 Å². The van der Waals surface area contributed by atoms with E-state index in [0.29, 0.717) is 23.7 Å². The van der Waals surface area contributed by atoms with Gasteiger partial charge in [0.05, 0.1) is 17.9 Å². The first-order valence-electron chi connectivity index (χ1n) is 8.19. The largest absolute Gasteiger partial charge is 0.490 e. The van der Waals surface area contributed by atoms with E-state index < -0.39 is 11.9 Å². The summed E-state index contributed by atoms with van der Waals surface area (Å²) >= 11 is 0. The molecule has 2 rings (SSSR count). The smallest absolute Gasteiger partial charge is 0.337 e. The quantitative estimate of drug-likeness (QED) is 0.553. The third-order valence-corrected chi connectivity index (χ3v) is 3.42. The lowest BCUT2D eigenvalue weighted by Gasteiger charge is -2.11. The van der Waals surface area contributed by atoms with Crippen molar-refractivity contribution in [3.8, 4) is 23.8 Å². The summed E-state index contributed by atoms with van der Waals surface area (Å²) in [5.74, 6) is 1.87. The molecular weight excluding hydrogens is 346 g/mol. The van der Waals surface area contributed by atoms with Crippen molar-refractivity contribution in [3.63, 3.8) is 0 Å². The van der Waals surface area contributed by atoms with Crippen molar-refractivity contribution in [2.45, 2.75) is 6.92 Å². The molecule has 0 saturated carbocycles. The summed E-state index contributed by atoms with van der Waals surface area (Å²) in [5, 5.41) is 11.7. The number of rotatable bonds is 8. The lowest BCUT2D eigenvalue weighted by molar-refractivity contribution is -0.111. The number of hydrogen-bond acceptors (Lipinski definition) is 4. The fourth-order valence-corrected chi connectivity index (χ4v) is 2.26. The molecule has 0 heterocycles. The van der Waals surface area contributed by atoms with Crippen LogP contribution < -0.4 is 14.8 Å². The van der Waals surface area contributed by atoms with Gasteiger partial charge in [0.1, 0.15) is 6.61 Å². The Morgan fingerprint density at radius 2 is 1.96 bits per heavy atom. The zero-order valence-electron chi connectivity index (χ0n) is 14.8. The van der Waals surface area contributed by atoms with E-state index in [0.717, 1.165) is 0 Å². The van der Waals surface area contributed by atoms with Crippen LogP contribution in [-0.2, 0) is 4.79 Å². The second-order valence-electron chi connectivity index (χ2n) is 5.31. The van der Waals surface area contributed by atoms with Crippen LogP contribution in [-0.4, -0.2) is 30.2 Å². The molecule has 0 atom stereocenters. The predicted octanol–water partition coefficient (Wildman–Crippen LogP) is 3.45. The number of hydrogen-bond donors (Lipinski definition) is 2. The maximum absolute atomic E-state index is 12.1. The summed E-state index contributed by atoms with van der Waals surface area (Å²) in [4.78, 5) is 23.3. The van der Waals surface area contributed by atoms with E-state index in [-0.39, 0.29) is 17.9 Å². The number of benzene rings is 2. The van der Waals surface area contributed by atoms with Gasteiger partial charge in [-0.05, 0) is 42.8 Å². The second-order valence-corrected chi connectivity index (χ2v) is 5.31. The summed E-state index contributed by atoms with van der Waals surface area (Å²) < 4.78 is 10.9. The summed E-state index contributed by atoms with van der Waals surface area (Å²) in [5.41, 5.74) is 0.966. The topological polar surface area (TPSA) is 84.9 Å². The average molecular weight is 365 g/mol. The summed E-state index contributed by atoms with van der Waals surface area (Å²) in [6.07, 6.45) is 8.10. The molecule has 0 aliphatic carbocycles. The number of anilines is 1. The van der Waals surface area contributed by atoms with Gasteiger partial charge in [-0.15, -0.1) is 6.42 Å². The number of amides is 1. The van der Waals surface area contributed by atoms with E-state index in [9.17, 15) is 9.59 Å². The number of terminal acetylenes is 1. The number of carbonyl (C=O) groups is 2. The Labute approximate surface area is 157 Å². The Morgan fingerprint density at radius 1 is 1.19 bits per heavy atom. The zero-order chi connectivity index (χ0) is 19.6. The van der Waals surface area contributed by atoms with E-state index in [2.05, 4.69) is 11.2 Å². The van der Waals surface area contributed by atoms with Crippen LogP contribution in [0.15, 0.2) is 48.5 Å². The van der Waals surface area contributed by atoms with Crippen LogP contribution in [0.3, 0.4) is 0 Å². The number of para-hydroxylation sites is 1. The van der Waals surface area contributed by atoms with Crippen molar-refractivity contribution in [2.24, 2.45) is 0 Å². The molecule has 0 spiro atoms. The van der Waals surface area contributed by atoms with Crippen LogP contribution in [0.1, 0.15) is 22.8 Å². The molecule has 6 heteroatoms. The van der Waals surface area contributed by atoms with Gasteiger partial charge in [0, 0.05) is 6.08 Å². The van der Waals surface area contributed by atoms with Crippen molar-refractivity contribution in [1.82, 2.24) is 0 Å². The molecule has 0 unspecified atom stereocenters. The molecule has 0 saturated heterocycles. The van der Waals surface area contributed by atoms with Crippen LogP contribution in [0.25, 0.3) is 6.08 Å². The number of aromatic carboxylic acids is 1. The second kappa shape index (κ2) is 9.68. The third-order valence-electron chi connectivity index (χ3n) is 3.42. The molecule has 0 radical (unpaired) electrons. The minimum atomic E-state index is -1.11. The number of carboxylic acids is 1. The predicted molar refractivity (Wildman–Crippen MR) is 103 cm³/mol. The van der Waals surface area contributed by atoms with Gasteiger partial charge in [-0.25, -0.2) is 4.79 Å². The molecule has 138 valence electrons. The molecular formula is C21H19NO5. The van der Waals surface area contributed by atoms with Gasteiger partial charge < -0.3 is 19.9 Å². The average Bonchev–Trinajstić information content (AvgIpc) is 2.66. The van der Waals surface area contributed by atoms with Crippen molar-refractivity contribution in [2.75, 3.05) is 18.5 Å². The SMILES string of the molecule is C#CCOc1ccc(/C=C/C(=O)Nc2ccccc2C(=O)O)cc1OCC. The first kappa shape index (κ1) is 19.6. The maximum atomic E-state index is 12.1. The maximum Gasteiger partial charge on any atom is 0.337 e. The van der Waals surface area contributed by atoms with Crippen molar-refractivity contribution in [3.05, 3.63) is 59.7 Å². The monoisotopic (exact) mass is 365 g/mol. The highest BCUT2D eigenvalue weighted by Gasteiger charge is 2.10. The van der Waals surface area contributed by atoms with Crippen molar-refractivity contribution < 1.29 is 24.2 Å². The molecule has 0 aliphatic rings. The lowest BCUT2D eigenvalue weighted by atomic mass is 10.1. The van der Waals surface area contributed by atoms with Crippen LogP contribution >= 0.6 is 0 Å². The summed E-state index contributed by atoms with van der Waals surface area (Å²) in [6.45, 7) is 2.42. The summed E-state index contributed by atoms with van der Waals surface area (Å²) in [6, 6.07) is 11.4. The van der Waals surface area contributed by atoms with E-state index in [4.69, 9.17) is 21.0 Å². The highest BCUT2D eigenvalue weighted by atomic mass is 16.5. The molecule has 0 aliphatic heterocycles. The molecule has 2 aromatic carbocycles. The molecule has 1 amide bonds. The van der Waals surface area contributed by atoms with E-state index in [1.54, 1.807) is 36.4 Å². The number of carboxylic acid groups (broad SMARTS) is 1. The normalized spacial score (nSPS) is 10.2. The van der Waals surface area contributed by atoms with Gasteiger partial charge in [-0.2, -0.15) is 0 Å². The van der Waals surface area contributed by atoms with E-state index in [1.165, 1.54) is 18.2 Å². The molecule has 6 nitrogen and oxygen atoms in total. The fraction of sp³-hybridized carbons (Fsp3) is 0.143. The van der Waals surface area contributed by atoms with Gasteiger partial charge in [0.15, 0.2) is 11.5 Å². The lowest BCUT2D eigenvalue weighted by Crippen LogP contribution is -2.11. The van der Waals surface area contributed by atoms with Crippen molar-refractivity contribution in [1.29, 1.82) is 0 Å². The molecule has 0 aromatic heterocycles. The Kier molecular flexibility index (Phi) is 7.03. The molecule has 2 aromatic rings. The van der Waals surface area contributed by atoms with Gasteiger partial charge in [0.25, 0.3) is 0 Å². The third kappa shape index (κ3) is 5.65. The highest BCUT2D eigenvalue weighted by molar-refractivity contribution is 6.06. The first-order chi connectivity index (χ1) is 13.0. The molecule has 0 fully saturated rings. The molecule has 0 bridgehead atoms. The van der Waals surface area contributed by atoms with Gasteiger partial charge in [0.2, 0.25) is 5.91 Å².